The molecule has 3 aliphatic rings. The Kier molecular flexibility index (Phi) is 7.79. The maximum absolute atomic E-state index is 13.3. The summed E-state index contributed by atoms with van der Waals surface area (Å²) in [5.41, 5.74) is 4.28. The summed E-state index contributed by atoms with van der Waals surface area (Å²) in [4.78, 5) is 32.3. The highest BCUT2D eigenvalue weighted by atomic mass is 16.5. The van der Waals surface area contributed by atoms with Crippen molar-refractivity contribution < 1.29 is 29.5 Å². The van der Waals surface area contributed by atoms with E-state index in [9.17, 15) is 24.8 Å². The number of rotatable bonds is 8. The van der Waals surface area contributed by atoms with Crippen molar-refractivity contribution in [3.8, 4) is 5.75 Å². The second-order valence-electron chi connectivity index (χ2n) is 10.3. The molecule has 4 atom stereocenters. The minimum absolute atomic E-state index is 0.168. The number of benzene rings is 1. The lowest BCUT2D eigenvalue weighted by Gasteiger charge is -2.43. The van der Waals surface area contributed by atoms with E-state index in [0.29, 0.717) is 32.2 Å². The molecule has 3 N–H and O–H groups in total. The smallest absolute Gasteiger partial charge is 0.455 e. The number of aliphatic hydroxyl groups excluding tert-OH is 1. The molecule has 1 aliphatic carbocycles. The normalized spacial score (nSPS) is 25.6. The first-order valence-electron chi connectivity index (χ1n) is 13.3. The van der Waals surface area contributed by atoms with Crippen LogP contribution in [0.2, 0.25) is 6.32 Å². The lowest BCUT2D eigenvalue weighted by molar-refractivity contribution is -0.140. The second kappa shape index (κ2) is 11.2. The van der Waals surface area contributed by atoms with E-state index in [-0.39, 0.29) is 36.4 Å². The van der Waals surface area contributed by atoms with Crippen molar-refractivity contribution in [2.45, 2.75) is 45.0 Å². The van der Waals surface area contributed by atoms with Crippen molar-refractivity contribution in [1.82, 2.24) is 9.88 Å². The highest BCUT2D eigenvalue weighted by Gasteiger charge is 2.56. The number of hydrogen-bond donors (Lipinski definition) is 3. The summed E-state index contributed by atoms with van der Waals surface area (Å²) in [6, 6.07) is 12.6. The Morgan fingerprint density at radius 3 is 2.63 bits per heavy atom. The van der Waals surface area contributed by atoms with E-state index in [0.717, 1.165) is 28.0 Å². The number of allylic oxidation sites excluding steroid dienone is 1. The summed E-state index contributed by atoms with van der Waals surface area (Å²) < 4.78 is 6.02. The standard InChI is InChI=1S/C29H33BN2O6/c1-2-13-32-28(35)22-15-20(17-33)26-23(27(22)29(32)36)16-30(37)38-25(26)11-8-19(24-5-3-4-12-31-24)14-18-6-9-21(34)10-7-18/h3-7,9-10,12,14,22-23,25,27,33-34,37H,2,8,11,13,15-17H2,1H3/b19-14-/t22-,23+,25-,27-/m1/s1. The molecule has 1 aromatic heterocycles. The van der Waals surface area contributed by atoms with Crippen molar-refractivity contribution in [2.24, 2.45) is 17.8 Å². The molecule has 0 spiro atoms. The Hall–Kier alpha value is -3.27. The molecule has 2 aliphatic heterocycles. The van der Waals surface area contributed by atoms with Crippen LogP contribution in [-0.2, 0) is 14.2 Å². The number of phenols is 1. The molecule has 0 saturated carbocycles. The number of aromatic nitrogens is 1. The van der Waals surface area contributed by atoms with Crippen LogP contribution in [0.3, 0.4) is 0 Å². The zero-order valence-electron chi connectivity index (χ0n) is 21.5. The Bertz CT molecular complexity index is 1250. The summed E-state index contributed by atoms with van der Waals surface area (Å²) in [6.07, 6.45) is 5.57. The molecule has 2 aromatic rings. The number of hydrogen-bond acceptors (Lipinski definition) is 7. The van der Waals surface area contributed by atoms with E-state index in [1.165, 1.54) is 4.90 Å². The van der Waals surface area contributed by atoms with Crippen LogP contribution < -0.4 is 0 Å². The number of pyridine rings is 1. The number of carbonyl (C=O) groups excluding carboxylic acids is 2. The first-order chi connectivity index (χ1) is 18.4. The molecular formula is C29H33BN2O6. The van der Waals surface area contributed by atoms with Gasteiger partial charge in [-0.2, -0.15) is 0 Å². The van der Waals surface area contributed by atoms with Crippen LogP contribution in [-0.4, -0.2) is 63.3 Å². The van der Waals surface area contributed by atoms with E-state index < -0.39 is 25.1 Å². The molecule has 2 amide bonds. The van der Waals surface area contributed by atoms with Crippen LogP contribution >= 0.6 is 0 Å². The van der Waals surface area contributed by atoms with Gasteiger partial charge >= 0.3 is 7.12 Å². The first kappa shape index (κ1) is 26.3. The molecule has 1 aromatic carbocycles. The third-order valence-electron chi connectivity index (χ3n) is 7.94. The minimum Gasteiger partial charge on any atom is -0.508 e. The summed E-state index contributed by atoms with van der Waals surface area (Å²) in [7, 11) is -1.06. The van der Waals surface area contributed by atoms with Crippen molar-refractivity contribution in [3.05, 3.63) is 71.1 Å². The zero-order chi connectivity index (χ0) is 26.8. The van der Waals surface area contributed by atoms with E-state index in [1.807, 2.05) is 43.3 Å². The fourth-order valence-electron chi connectivity index (χ4n) is 6.30. The van der Waals surface area contributed by atoms with Crippen LogP contribution in [0.25, 0.3) is 11.6 Å². The fourth-order valence-corrected chi connectivity index (χ4v) is 6.30. The summed E-state index contributed by atoms with van der Waals surface area (Å²) in [5.74, 6) is -1.51. The molecule has 0 radical (unpaired) electrons. The number of nitrogens with zero attached hydrogens (tertiary/aromatic N) is 2. The van der Waals surface area contributed by atoms with Crippen LogP contribution in [0, 0.1) is 17.8 Å². The molecule has 9 heteroatoms. The number of aliphatic hydroxyl groups is 1. The Morgan fingerprint density at radius 1 is 1.16 bits per heavy atom. The van der Waals surface area contributed by atoms with Crippen LogP contribution in [0.5, 0.6) is 5.75 Å². The first-order valence-corrected chi connectivity index (χ1v) is 13.3. The van der Waals surface area contributed by atoms with Gasteiger partial charge in [-0.1, -0.05) is 25.1 Å². The van der Waals surface area contributed by atoms with E-state index in [2.05, 4.69) is 4.98 Å². The SMILES string of the molecule is CCCN1C(=O)[C@@H]2[C@@H](CC(CO)=C3[C@@H](CC/C(=C/c4ccc(O)cc4)c4ccccn4)OB(O)C[C@@H]32)C1=O. The Labute approximate surface area is 222 Å². The highest BCUT2D eigenvalue weighted by Crippen LogP contribution is 2.50. The molecule has 2 fully saturated rings. The van der Waals surface area contributed by atoms with Crippen molar-refractivity contribution in [2.75, 3.05) is 13.2 Å². The van der Waals surface area contributed by atoms with Gasteiger partial charge < -0.3 is 19.9 Å². The Balaban J connectivity index is 1.45. The summed E-state index contributed by atoms with van der Waals surface area (Å²) in [6.45, 7) is 2.11. The van der Waals surface area contributed by atoms with Gasteiger partial charge in [0.15, 0.2) is 0 Å². The van der Waals surface area contributed by atoms with Crippen molar-refractivity contribution in [3.63, 3.8) is 0 Å². The topological polar surface area (TPSA) is 120 Å². The molecule has 3 heterocycles. The molecule has 5 rings (SSSR count). The molecule has 0 unspecified atom stereocenters. The van der Waals surface area contributed by atoms with Gasteiger partial charge in [0.25, 0.3) is 0 Å². The number of imide groups is 1. The third kappa shape index (κ3) is 5.06. The Morgan fingerprint density at radius 2 is 1.95 bits per heavy atom. The minimum atomic E-state index is -1.06. The lowest BCUT2D eigenvalue weighted by atomic mass is 9.58. The van der Waals surface area contributed by atoms with Gasteiger partial charge in [-0.25, -0.2) is 0 Å². The highest BCUT2D eigenvalue weighted by molar-refractivity contribution is 6.43. The van der Waals surface area contributed by atoms with Crippen LogP contribution in [0.4, 0.5) is 0 Å². The lowest BCUT2D eigenvalue weighted by Crippen LogP contribution is -2.46. The predicted molar refractivity (Wildman–Crippen MR) is 143 cm³/mol. The largest absolute Gasteiger partial charge is 0.508 e. The van der Waals surface area contributed by atoms with Crippen LogP contribution in [0.15, 0.2) is 59.8 Å². The second-order valence-corrected chi connectivity index (χ2v) is 10.3. The van der Waals surface area contributed by atoms with Gasteiger partial charge in [0, 0.05) is 12.7 Å². The molecule has 8 nitrogen and oxygen atoms in total. The van der Waals surface area contributed by atoms with Gasteiger partial charge in [0.2, 0.25) is 11.8 Å². The molecular weight excluding hydrogens is 483 g/mol. The van der Waals surface area contributed by atoms with E-state index in [4.69, 9.17) is 4.65 Å². The number of likely N-dealkylation sites (tertiary alicyclic amines) is 1. The van der Waals surface area contributed by atoms with Gasteiger partial charge in [0.05, 0.1) is 30.2 Å². The summed E-state index contributed by atoms with van der Waals surface area (Å²) in [5, 5.41) is 30.7. The molecule has 0 bridgehead atoms. The van der Waals surface area contributed by atoms with Gasteiger partial charge in [-0.3, -0.25) is 19.5 Å². The average Bonchev–Trinajstić information content (AvgIpc) is 3.16. The van der Waals surface area contributed by atoms with Gasteiger partial charge in [0.1, 0.15) is 5.75 Å². The summed E-state index contributed by atoms with van der Waals surface area (Å²) >= 11 is 0. The van der Waals surface area contributed by atoms with E-state index >= 15 is 0 Å². The predicted octanol–water partition coefficient (Wildman–Crippen LogP) is 3.31. The number of fused-ring (bicyclic) bond motifs is 3. The average molecular weight is 516 g/mol. The van der Waals surface area contributed by atoms with Gasteiger partial charge in [-0.05, 0) is 90.5 Å². The maximum atomic E-state index is 13.3. The van der Waals surface area contributed by atoms with E-state index in [1.54, 1.807) is 18.3 Å². The van der Waals surface area contributed by atoms with Crippen LogP contribution in [0.1, 0.15) is 43.9 Å². The monoisotopic (exact) mass is 516 g/mol. The quantitative estimate of drug-likeness (QED) is 0.280. The third-order valence-corrected chi connectivity index (χ3v) is 7.94. The van der Waals surface area contributed by atoms with Gasteiger partial charge in [-0.15, -0.1) is 0 Å². The molecule has 2 saturated heterocycles. The molecule has 38 heavy (non-hydrogen) atoms. The maximum Gasteiger partial charge on any atom is 0.455 e. The number of aromatic hydroxyl groups is 1. The zero-order valence-corrected chi connectivity index (χ0v) is 21.5. The van der Waals surface area contributed by atoms with Crippen molar-refractivity contribution in [1.29, 1.82) is 0 Å². The number of carbonyl (C=O) groups is 2. The fraction of sp³-hybridized carbons (Fsp3) is 0.414. The van der Waals surface area contributed by atoms with Crippen molar-refractivity contribution >= 4 is 30.6 Å². The number of amides is 2. The number of phenolic OH excluding ortho intramolecular Hbond substituents is 1. The molecule has 198 valence electrons.